The number of hydrogen-bond acceptors (Lipinski definition) is 7. The highest BCUT2D eigenvalue weighted by atomic mass is 32.2. The number of anilines is 1. The van der Waals surface area contributed by atoms with Gasteiger partial charge in [0.1, 0.15) is 5.00 Å². The van der Waals surface area contributed by atoms with E-state index in [9.17, 15) is 9.59 Å². The predicted molar refractivity (Wildman–Crippen MR) is 141 cm³/mol. The number of amides is 1. The molecule has 1 amide bonds. The van der Waals surface area contributed by atoms with E-state index in [1.807, 2.05) is 11.5 Å². The Morgan fingerprint density at radius 3 is 2.66 bits per heavy atom. The Morgan fingerprint density at radius 1 is 1.26 bits per heavy atom. The zero-order valence-electron chi connectivity index (χ0n) is 20.9. The highest BCUT2D eigenvalue weighted by Crippen LogP contribution is 2.40. The van der Waals surface area contributed by atoms with Gasteiger partial charge in [-0.15, -0.1) is 21.5 Å². The third-order valence-corrected chi connectivity index (χ3v) is 8.49. The zero-order valence-corrected chi connectivity index (χ0v) is 22.5. The van der Waals surface area contributed by atoms with Gasteiger partial charge in [0, 0.05) is 17.0 Å². The molecule has 0 spiro atoms. The van der Waals surface area contributed by atoms with Crippen molar-refractivity contribution in [2.45, 2.75) is 64.6 Å². The summed E-state index contributed by atoms with van der Waals surface area (Å²) < 4.78 is 7.05. The summed E-state index contributed by atoms with van der Waals surface area (Å²) in [6.07, 6.45) is 2.80. The second kappa shape index (κ2) is 11.0. The molecule has 2 aromatic heterocycles. The number of nitrogens with one attached hydrogen (secondary N) is 1. The molecule has 9 heteroatoms. The number of ether oxygens (including phenoxy) is 1. The monoisotopic (exact) mass is 512 g/mol. The van der Waals surface area contributed by atoms with E-state index in [2.05, 4.69) is 60.6 Å². The van der Waals surface area contributed by atoms with Crippen molar-refractivity contribution in [2.24, 2.45) is 5.92 Å². The van der Waals surface area contributed by atoms with Crippen molar-refractivity contribution < 1.29 is 14.3 Å². The maximum absolute atomic E-state index is 12.9. The molecule has 1 N–H and O–H groups in total. The van der Waals surface area contributed by atoms with Crippen LogP contribution in [0.4, 0.5) is 5.00 Å². The molecule has 7 nitrogen and oxygen atoms in total. The summed E-state index contributed by atoms with van der Waals surface area (Å²) >= 11 is 2.84. The summed E-state index contributed by atoms with van der Waals surface area (Å²) in [4.78, 5) is 26.5. The third kappa shape index (κ3) is 5.46. The Balaban J connectivity index is 1.47. The van der Waals surface area contributed by atoms with E-state index in [4.69, 9.17) is 4.74 Å². The minimum atomic E-state index is -0.390. The van der Waals surface area contributed by atoms with Crippen LogP contribution in [0.1, 0.15) is 66.4 Å². The van der Waals surface area contributed by atoms with Crippen molar-refractivity contribution >= 4 is 40.0 Å². The van der Waals surface area contributed by atoms with Gasteiger partial charge in [0.15, 0.2) is 11.0 Å². The lowest BCUT2D eigenvalue weighted by atomic mass is 9.88. The predicted octanol–water partition coefficient (Wildman–Crippen LogP) is 5.79. The molecule has 4 rings (SSSR count). The number of carbonyl (C=O) groups excluding carboxylic acids is 2. The van der Waals surface area contributed by atoms with Gasteiger partial charge >= 0.3 is 5.97 Å². The highest BCUT2D eigenvalue weighted by molar-refractivity contribution is 7.99. The van der Waals surface area contributed by atoms with Gasteiger partial charge in [-0.3, -0.25) is 4.79 Å². The van der Waals surface area contributed by atoms with Crippen molar-refractivity contribution in [2.75, 3.05) is 18.2 Å². The normalized spacial score (nSPS) is 15.2. The van der Waals surface area contributed by atoms with Crippen LogP contribution in [0.15, 0.2) is 29.4 Å². The molecule has 0 radical (unpaired) electrons. The highest BCUT2D eigenvalue weighted by Gasteiger charge is 2.29. The average Bonchev–Trinajstić information content (AvgIpc) is 3.42. The maximum atomic E-state index is 12.9. The van der Waals surface area contributed by atoms with Crippen LogP contribution in [0, 0.1) is 5.92 Å². The fourth-order valence-corrected chi connectivity index (χ4v) is 6.58. The molecule has 1 aromatic carbocycles. The molecule has 186 valence electrons. The fraction of sp³-hybridized carbons (Fsp3) is 0.462. The first-order valence-corrected chi connectivity index (χ1v) is 13.8. The summed E-state index contributed by atoms with van der Waals surface area (Å²) in [5.74, 6) is 1.43. The molecule has 0 saturated carbocycles. The molecule has 1 aliphatic rings. The standard InChI is InChI=1S/C26H32N4O3S2/c1-6-30-23(18-10-8-17(9-11-18)15(2)3)28-29-26(30)34-14-21(31)27-24-22(25(32)33-5)19-12-7-16(4)13-20(19)35-24/h8-11,15-16H,6-7,12-14H2,1-5H3,(H,27,31). The average molecular weight is 513 g/mol. The van der Waals surface area contributed by atoms with Gasteiger partial charge in [0.2, 0.25) is 5.91 Å². The Hall–Kier alpha value is -2.65. The molecule has 0 saturated heterocycles. The van der Waals surface area contributed by atoms with Crippen molar-refractivity contribution in [1.82, 2.24) is 14.8 Å². The van der Waals surface area contributed by atoms with Crippen LogP contribution in [0.3, 0.4) is 0 Å². The Morgan fingerprint density at radius 2 is 2.00 bits per heavy atom. The lowest BCUT2D eigenvalue weighted by Crippen LogP contribution is -2.17. The molecule has 3 aromatic rings. The number of carbonyl (C=O) groups is 2. The number of thioether (sulfide) groups is 1. The number of rotatable bonds is 8. The molecule has 1 atom stereocenters. The second-order valence-electron chi connectivity index (χ2n) is 9.21. The minimum Gasteiger partial charge on any atom is -0.465 e. The first kappa shape index (κ1) is 25.4. The number of fused-ring (bicyclic) bond motifs is 1. The largest absolute Gasteiger partial charge is 0.465 e. The van der Waals surface area contributed by atoms with Gasteiger partial charge in [0.05, 0.1) is 18.4 Å². The molecular weight excluding hydrogens is 480 g/mol. The SMILES string of the molecule is CCn1c(SCC(=O)Nc2sc3c(c2C(=O)OC)CCC(C)C3)nnc1-c1ccc(C(C)C)cc1. The van der Waals surface area contributed by atoms with Crippen molar-refractivity contribution in [3.8, 4) is 11.4 Å². The second-order valence-corrected chi connectivity index (χ2v) is 11.3. The number of benzene rings is 1. The molecule has 1 unspecified atom stereocenters. The Labute approximate surface area is 214 Å². The molecule has 0 fully saturated rings. The molecule has 0 aliphatic heterocycles. The van der Waals surface area contributed by atoms with Crippen LogP contribution >= 0.6 is 23.1 Å². The maximum Gasteiger partial charge on any atom is 0.341 e. The number of thiophene rings is 1. The third-order valence-electron chi connectivity index (χ3n) is 6.36. The molecular formula is C26H32N4O3S2. The number of aromatic nitrogens is 3. The molecule has 35 heavy (non-hydrogen) atoms. The van der Waals surface area contributed by atoms with Gasteiger partial charge in [-0.2, -0.15) is 0 Å². The number of esters is 1. The zero-order chi connectivity index (χ0) is 25.1. The smallest absolute Gasteiger partial charge is 0.341 e. The van der Waals surface area contributed by atoms with Gasteiger partial charge in [-0.1, -0.05) is 56.8 Å². The van der Waals surface area contributed by atoms with Gasteiger partial charge in [-0.05, 0) is 49.1 Å². The summed E-state index contributed by atoms with van der Waals surface area (Å²) in [5, 5.41) is 13.0. The topological polar surface area (TPSA) is 86.1 Å². The van der Waals surface area contributed by atoms with Crippen LogP contribution in [-0.2, 0) is 28.9 Å². The minimum absolute atomic E-state index is 0.171. The van der Waals surface area contributed by atoms with E-state index >= 15 is 0 Å². The first-order valence-electron chi connectivity index (χ1n) is 12.0. The number of nitrogens with zero attached hydrogens (tertiary/aromatic N) is 3. The van der Waals surface area contributed by atoms with Gasteiger partial charge in [0.25, 0.3) is 0 Å². The van der Waals surface area contributed by atoms with Crippen LogP contribution in [0.2, 0.25) is 0 Å². The molecule has 2 heterocycles. The lowest BCUT2D eigenvalue weighted by molar-refractivity contribution is -0.113. The van der Waals surface area contributed by atoms with E-state index in [1.54, 1.807) is 0 Å². The quantitative estimate of drug-likeness (QED) is 0.304. The van der Waals surface area contributed by atoms with Crippen LogP contribution in [0.25, 0.3) is 11.4 Å². The van der Waals surface area contributed by atoms with E-state index in [0.29, 0.717) is 34.1 Å². The summed E-state index contributed by atoms with van der Waals surface area (Å²) in [6, 6.07) is 8.38. The van der Waals surface area contributed by atoms with E-state index in [0.717, 1.165) is 36.2 Å². The van der Waals surface area contributed by atoms with Crippen molar-refractivity contribution in [3.63, 3.8) is 0 Å². The lowest BCUT2D eigenvalue weighted by Gasteiger charge is -2.18. The van der Waals surface area contributed by atoms with Gasteiger partial charge in [-0.25, -0.2) is 4.79 Å². The fourth-order valence-electron chi connectivity index (χ4n) is 4.36. The molecule has 0 bridgehead atoms. The van der Waals surface area contributed by atoms with Crippen molar-refractivity contribution in [3.05, 3.63) is 45.8 Å². The Bertz CT molecular complexity index is 1210. The van der Waals surface area contributed by atoms with E-state index < -0.39 is 0 Å². The summed E-state index contributed by atoms with van der Waals surface area (Å²) in [5.41, 5.74) is 3.82. The number of hydrogen-bond donors (Lipinski definition) is 1. The first-order chi connectivity index (χ1) is 16.8. The van der Waals surface area contributed by atoms with Crippen molar-refractivity contribution in [1.29, 1.82) is 0 Å². The van der Waals surface area contributed by atoms with Crippen LogP contribution in [0.5, 0.6) is 0 Å². The van der Waals surface area contributed by atoms with E-state index in [-0.39, 0.29) is 17.6 Å². The summed E-state index contributed by atoms with van der Waals surface area (Å²) in [6.45, 7) is 9.29. The molecule has 1 aliphatic carbocycles. The summed E-state index contributed by atoms with van der Waals surface area (Å²) in [7, 11) is 1.38. The number of methoxy groups -OCH3 is 1. The Kier molecular flexibility index (Phi) is 7.96. The van der Waals surface area contributed by atoms with Crippen LogP contribution < -0.4 is 5.32 Å². The van der Waals surface area contributed by atoms with Gasteiger partial charge < -0.3 is 14.6 Å². The van der Waals surface area contributed by atoms with Crippen LogP contribution in [-0.4, -0.2) is 39.5 Å². The van der Waals surface area contributed by atoms with E-state index in [1.165, 1.54) is 40.6 Å².